The van der Waals surface area contributed by atoms with Crippen molar-refractivity contribution in [2.45, 2.75) is 58.8 Å². The van der Waals surface area contributed by atoms with Crippen molar-refractivity contribution in [3.63, 3.8) is 0 Å². The SMILES string of the molecule is CCNCC1(CN(CC)CCCO)CCCCCC1. The van der Waals surface area contributed by atoms with Crippen LogP contribution in [0.25, 0.3) is 0 Å². The molecule has 0 aromatic heterocycles. The number of hydrogen-bond donors (Lipinski definition) is 2. The number of hydrogen-bond acceptors (Lipinski definition) is 3. The topological polar surface area (TPSA) is 35.5 Å². The second-order valence-corrected chi connectivity index (χ2v) is 6.14. The predicted octanol–water partition coefficient (Wildman–Crippen LogP) is 2.64. The molecule has 0 atom stereocenters. The van der Waals surface area contributed by atoms with Crippen molar-refractivity contribution in [2.24, 2.45) is 5.41 Å². The average Bonchev–Trinajstić information content (AvgIpc) is 2.67. The van der Waals surface area contributed by atoms with Gasteiger partial charge in [-0.25, -0.2) is 0 Å². The summed E-state index contributed by atoms with van der Waals surface area (Å²) in [6.07, 6.45) is 9.26. The van der Waals surface area contributed by atoms with E-state index >= 15 is 0 Å². The second-order valence-electron chi connectivity index (χ2n) is 6.14. The molecule has 1 aliphatic rings. The molecule has 0 spiro atoms. The van der Waals surface area contributed by atoms with Crippen molar-refractivity contribution in [3.8, 4) is 0 Å². The van der Waals surface area contributed by atoms with Crippen LogP contribution in [0.5, 0.6) is 0 Å². The minimum atomic E-state index is 0.316. The summed E-state index contributed by atoms with van der Waals surface area (Å²) in [4.78, 5) is 2.54. The molecular weight excluding hydrogens is 236 g/mol. The van der Waals surface area contributed by atoms with Gasteiger partial charge in [-0.2, -0.15) is 0 Å². The highest BCUT2D eigenvalue weighted by molar-refractivity contribution is 4.86. The van der Waals surface area contributed by atoms with Gasteiger partial charge in [0.15, 0.2) is 0 Å². The maximum Gasteiger partial charge on any atom is 0.0443 e. The zero-order chi connectivity index (χ0) is 14.0. The molecule has 0 heterocycles. The minimum Gasteiger partial charge on any atom is -0.396 e. The van der Waals surface area contributed by atoms with Crippen LogP contribution in [0.4, 0.5) is 0 Å². The van der Waals surface area contributed by atoms with E-state index < -0.39 is 0 Å². The van der Waals surface area contributed by atoms with Crippen molar-refractivity contribution in [1.29, 1.82) is 0 Å². The van der Waals surface area contributed by atoms with E-state index in [1.807, 2.05) is 0 Å². The highest BCUT2D eigenvalue weighted by Crippen LogP contribution is 2.35. The van der Waals surface area contributed by atoms with Gasteiger partial charge in [0.1, 0.15) is 0 Å². The van der Waals surface area contributed by atoms with E-state index in [1.54, 1.807) is 0 Å². The fourth-order valence-corrected chi connectivity index (χ4v) is 3.38. The lowest BCUT2D eigenvalue weighted by Gasteiger charge is -2.38. The predicted molar refractivity (Wildman–Crippen MR) is 82.5 cm³/mol. The van der Waals surface area contributed by atoms with E-state index in [0.717, 1.165) is 26.1 Å². The van der Waals surface area contributed by atoms with Gasteiger partial charge in [0, 0.05) is 26.2 Å². The molecule has 0 amide bonds. The zero-order valence-electron chi connectivity index (χ0n) is 13.1. The highest BCUT2D eigenvalue weighted by Gasteiger charge is 2.32. The van der Waals surface area contributed by atoms with Crippen LogP contribution in [0.1, 0.15) is 58.8 Å². The Bertz CT molecular complexity index is 213. The summed E-state index contributed by atoms with van der Waals surface area (Å²) in [5.41, 5.74) is 0.470. The molecule has 3 heteroatoms. The van der Waals surface area contributed by atoms with E-state index in [9.17, 15) is 0 Å². The van der Waals surface area contributed by atoms with Crippen LogP contribution in [-0.2, 0) is 0 Å². The molecule has 0 saturated heterocycles. The van der Waals surface area contributed by atoms with E-state index in [2.05, 4.69) is 24.1 Å². The lowest BCUT2D eigenvalue weighted by atomic mass is 9.79. The first-order valence-electron chi connectivity index (χ1n) is 8.30. The number of nitrogens with zero attached hydrogens (tertiary/aromatic N) is 1. The van der Waals surface area contributed by atoms with Gasteiger partial charge in [0.25, 0.3) is 0 Å². The van der Waals surface area contributed by atoms with Crippen molar-refractivity contribution in [3.05, 3.63) is 0 Å². The molecule has 1 rings (SSSR count). The van der Waals surface area contributed by atoms with E-state index in [1.165, 1.54) is 51.6 Å². The molecule has 0 radical (unpaired) electrons. The van der Waals surface area contributed by atoms with Gasteiger partial charge in [-0.1, -0.05) is 39.5 Å². The first-order valence-corrected chi connectivity index (χ1v) is 8.30. The smallest absolute Gasteiger partial charge is 0.0443 e. The number of nitrogens with one attached hydrogen (secondary N) is 1. The van der Waals surface area contributed by atoms with Gasteiger partial charge in [-0.3, -0.25) is 0 Å². The Morgan fingerprint density at radius 2 is 1.79 bits per heavy atom. The van der Waals surface area contributed by atoms with Crippen molar-refractivity contribution < 1.29 is 5.11 Å². The van der Waals surface area contributed by atoms with Gasteiger partial charge < -0.3 is 15.3 Å². The fraction of sp³-hybridized carbons (Fsp3) is 1.00. The molecule has 19 heavy (non-hydrogen) atoms. The summed E-state index contributed by atoms with van der Waals surface area (Å²) in [5, 5.41) is 12.6. The number of aliphatic hydroxyl groups excluding tert-OH is 1. The highest BCUT2D eigenvalue weighted by atomic mass is 16.3. The maximum absolute atomic E-state index is 9.03. The molecule has 1 saturated carbocycles. The van der Waals surface area contributed by atoms with Gasteiger partial charge in [0.05, 0.1) is 0 Å². The summed E-state index contributed by atoms with van der Waals surface area (Å²) in [6.45, 7) is 10.4. The minimum absolute atomic E-state index is 0.316. The standard InChI is InChI=1S/C16H34N2O/c1-3-17-14-16(10-7-5-6-8-11-16)15-18(4-2)12-9-13-19/h17,19H,3-15H2,1-2H3. The lowest BCUT2D eigenvalue weighted by Crippen LogP contribution is -2.44. The second kappa shape index (κ2) is 9.73. The third kappa shape index (κ3) is 6.24. The Hall–Kier alpha value is -0.120. The Kier molecular flexibility index (Phi) is 8.67. The summed E-state index contributed by atoms with van der Waals surface area (Å²) >= 11 is 0. The van der Waals surface area contributed by atoms with Gasteiger partial charge in [-0.05, 0) is 37.8 Å². The van der Waals surface area contributed by atoms with E-state index in [4.69, 9.17) is 5.11 Å². The third-order valence-electron chi connectivity index (χ3n) is 4.55. The summed E-state index contributed by atoms with van der Waals surface area (Å²) < 4.78 is 0. The first kappa shape index (κ1) is 16.9. The van der Waals surface area contributed by atoms with Crippen molar-refractivity contribution in [1.82, 2.24) is 10.2 Å². The zero-order valence-corrected chi connectivity index (χ0v) is 13.1. The molecule has 0 aromatic rings. The van der Waals surface area contributed by atoms with Crippen LogP contribution >= 0.6 is 0 Å². The number of rotatable bonds is 9. The van der Waals surface area contributed by atoms with E-state index in [-0.39, 0.29) is 0 Å². The number of aliphatic hydroxyl groups is 1. The van der Waals surface area contributed by atoms with Crippen molar-refractivity contribution >= 4 is 0 Å². The molecule has 1 aliphatic carbocycles. The van der Waals surface area contributed by atoms with Gasteiger partial charge >= 0.3 is 0 Å². The Morgan fingerprint density at radius 1 is 1.11 bits per heavy atom. The van der Waals surface area contributed by atoms with Crippen LogP contribution in [0.3, 0.4) is 0 Å². The Balaban J connectivity index is 2.59. The quantitative estimate of drug-likeness (QED) is 0.632. The van der Waals surface area contributed by atoms with Crippen LogP contribution < -0.4 is 5.32 Å². The largest absolute Gasteiger partial charge is 0.396 e. The molecule has 0 unspecified atom stereocenters. The van der Waals surface area contributed by atoms with Crippen LogP contribution in [0, 0.1) is 5.41 Å². The molecule has 0 aliphatic heterocycles. The van der Waals surface area contributed by atoms with Crippen molar-refractivity contribution in [2.75, 3.05) is 39.3 Å². The Morgan fingerprint density at radius 3 is 2.32 bits per heavy atom. The molecule has 2 N–H and O–H groups in total. The van der Waals surface area contributed by atoms with Gasteiger partial charge in [0.2, 0.25) is 0 Å². The summed E-state index contributed by atoms with van der Waals surface area (Å²) in [6, 6.07) is 0. The van der Waals surface area contributed by atoms with Crippen LogP contribution in [0.2, 0.25) is 0 Å². The monoisotopic (exact) mass is 270 g/mol. The van der Waals surface area contributed by atoms with Crippen LogP contribution in [-0.4, -0.2) is 49.3 Å². The molecule has 3 nitrogen and oxygen atoms in total. The van der Waals surface area contributed by atoms with E-state index in [0.29, 0.717) is 12.0 Å². The third-order valence-corrected chi connectivity index (χ3v) is 4.55. The Labute approximate surface area is 119 Å². The normalized spacial score (nSPS) is 19.6. The fourth-order valence-electron chi connectivity index (χ4n) is 3.38. The summed E-state index contributed by atoms with van der Waals surface area (Å²) in [7, 11) is 0. The maximum atomic E-state index is 9.03. The molecule has 0 aromatic carbocycles. The lowest BCUT2D eigenvalue weighted by molar-refractivity contribution is 0.124. The molecular formula is C16H34N2O. The molecule has 1 fully saturated rings. The summed E-state index contributed by atoms with van der Waals surface area (Å²) in [5.74, 6) is 0. The molecule has 114 valence electrons. The first-order chi connectivity index (χ1) is 9.26. The average molecular weight is 270 g/mol. The van der Waals surface area contributed by atoms with Gasteiger partial charge in [-0.15, -0.1) is 0 Å². The van der Waals surface area contributed by atoms with Crippen LogP contribution in [0.15, 0.2) is 0 Å². The molecule has 0 bridgehead atoms.